The van der Waals surface area contributed by atoms with Crippen molar-refractivity contribution in [3.63, 3.8) is 0 Å². The summed E-state index contributed by atoms with van der Waals surface area (Å²) in [6.45, 7) is 7.35. The predicted molar refractivity (Wildman–Crippen MR) is 52.0 cm³/mol. The number of hydrogen-bond donors (Lipinski definition) is 1. The average Bonchev–Trinajstić information content (AvgIpc) is 2.61. The zero-order chi connectivity index (χ0) is 9.97. The third-order valence-corrected chi connectivity index (χ3v) is 2.51. The minimum Gasteiger partial charge on any atom is -0.378 e. The standard InChI is InChI=1S/C9H16N4O/c1-3-13-7(2)11-12-9(13)8-6-14-5-4-10-8/h8,10H,3-6H2,1-2H3. The first kappa shape index (κ1) is 9.61. The molecule has 1 aliphatic rings. The Morgan fingerprint density at radius 3 is 3.07 bits per heavy atom. The highest BCUT2D eigenvalue weighted by atomic mass is 16.5. The summed E-state index contributed by atoms with van der Waals surface area (Å²) >= 11 is 0. The lowest BCUT2D eigenvalue weighted by atomic mass is 10.2. The molecule has 1 aromatic heterocycles. The molecule has 1 atom stereocenters. The number of nitrogens with zero attached hydrogens (tertiary/aromatic N) is 3. The SMILES string of the molecule is CCn1c(C)nnc1C1COCCN1. The zero-order valence-corrected chi connectivity index (χ0v) is 8.66. The molecule has 0 aromatic carbocycles. The van der Waals surface area contributed by atoms with Crippen LogP contribution in [0.3, 0.4) is 0 Å². The number of hydrogen-bond acceptors (Lipinski definition) is 4. The van der Waals surface area contributed by atoms with Gasteiger partial charge in [-0.05, 0) is 13.8 Å². The van der Waals surface area contributed by atoms with Gasteiger partial charge in [-0.2, -0.15) is 0 Å². The van der Waals surface area contributed by atoms with Gasteiger partial charge in [0, 0.05) is 13.1 Å². The molecule has 1 saturated heterocycles. The molecular formula is C9H16N4O. The van der Waals surface area contributed by atoms with Crippen molar-refractivity contribution in [2.75, 3.05) is 19.8 Å². The molecule has 5 heteroatoms. The Bertz CT molecular complexity index is 304. The van der Waals surface area contributed by atoms with Crippen molar-refractivity contribution >= 4 is 0 Å². The van der Waals surface area contributed by atoms with Gasteiger partial charge in [-0.25, -0.2) is 0 Å². The molecule has 5 nitrogen and oxygen atoms in total. The van der Waals surface area contributed by atoms with Gasteiger partial charge in [0.05, 0.1) is 19.3 Å². The second-order valence-corrected chi connectivity index (χ2v) is 3.43. The molecule has 1 N–H and O–H groups in total. The normalized spacial score (nSPS) is 22.6. The molecule has 0 spiro atoms. The Morgan fingerprint density at radius 1 is 1.57 bits per heavy atom. The van der Waals surface area contributed by atoms with Gasteiger partial charge in [0.1, 0.15) is 5.82 Å². The van der Waals surface area contributed by atoms with E-state index in [1.54, 1.807) is 0 Å². The summed E-state index contributed by atoms with van der Waals surface area (Å²) < 4.78 is 7.52. The van der Waals surface area contributed by atoms with Crippen molar-refractivity contribution in [1.29, 1.82) is 0 Å². The summed E-state index contributed by atoms with van der Waals surface area (Å²) in [4.78, 5) is 0. The van der Waals surface area contributed by atoms with Crippen LogP contribution in [0.2, 0.25) is 0 Å². The number of aromatic nitrogens is 3. The van der Waals surface area contributed by atoms with Gasteiger partial charge in [0.25, 0.3) is 0 Å². The minimum atomic E-state index is 0.199. The molecule has 14 heavy (non-hydrogen) atoms. The van der Waals surface area contributed by atoms with E-state index in [-0.39, 0.29) is 6.04 Å². The van der Waals surface area contributed by atoms with Crippen LogP contribution in [-0.4, -0.2) is 34.5 Å². The molecule has 1 aliphatic heterocycles. The van der Waals surface area contributed by atoms with Crippen LogP contribution in [0.1, 0.15) is 24.6 Å². The monoisotopic (exact) mass is 196 g/mol. The molecule has 1 unspecified atom stereocenters. The first-order chi connectivity index (χ1) is 6.83. The number of aryl methyl sites for hydroxylation is 1. The first-order valence-electron chi connectivity index (χ1n) is 5.03. The maximum Gasteiger partial charge on any atom is 0.152 e. The number of ether oxygens (including phenoxy) is 1. The van der Waals surface area contributed by atoms with Gasteiger partial charge in [-0.3, -0.25) is 0 Å². The van der Waals surface area contributed by atoms with Crippen molar-refractivity contribution in [3.05, 3.63) is 11.6 Å². The fraction of sp³-hybridized carbons (Fsp3) is 0.778. The third kappa shape index (κ3) is 1.65. The van der Waals surface area contributed by atoms with E-state index in [2.05, 4.69) is 27.0 Å². The van der Waals surface area contributed by atoms with Crippen LogP contribution in [0, 0.1) is 6.92 Å². The van der Waals surface area contributed by atoms with Gasteiger partial charge in [-0.1, -0.05) is 0 Å². The lowest BCUT2D eigenvalue weighted by molar-refractivity contribution is 0.0729. The summed E-state index contributed by atoms with van der Waals surface area (Å²) in [6, 6.07) is 0.199. The lowest BCUT2D eigenvalue weighted by Crippen LogP contribution is -2.36. The highest BCUT2D eigenvalue weighted by Crippen LogP contribution is 2.14. The summed E-state index contributed by atoms with van der Waals surface area (Å²) in [6.07, 6.45) is 0. The van der Waals surface area contributed by atoms with Crippen LogP contribution in [0.4, 0.5) is 0 Å². The molecule has 78 valence electrons. The highest BCUT2D eigenvalue weighted by Gasteiger charge is 2.21. The van der Waals surface area contributed by atoms with E-state index in [0.717, 1.165) is 31.3 Å². The highest BCUT2D eigenvalue weighted by molar-refractivity contribution is 5.01. The molecule has 2 heterocycles. The van der Waals surface area contributed by atoms with Crippen LogP contribution < -0.4 is 5.32 Å². The number of nitrogens with one attached hydrogen (secondary N) is 1. The van der Waals surface area contributed by atoms with Crippen LogP contribution in [-0.2, 0) is 11.3 Å². The van der Waals surface area contributed by atoms with Crippen molar-refractivity contribution in [1.82, 2.24) is 20.1 Å². The zero-order valence-electron chi connectivity index (χ0n) is 8.66. The van der Waals surface area contributed by atoms with Gasteiger partial charge in [-0.15, -0.1) is 10.2 Å². The Labute approximate surface area is 83.5 Å². The first-order valence-corrected chi connectivity index (χ1v) is 5.03. The van der Waals surface area contributed by atoms with E-state index in [1.165, 1.54) is 0 Å². The molecule has 1 fully saturated rings. The molecule has 2 rings (SSSR count). The third-order valence-electron chi connectivity index (χ3n) is 2.51. The van der Waals surface area contributed by atoms with E-state index in [1.807, 2.05) is 6.92 Å². The van der Waals surface area contributed by atoms with Crippen LogP contribution in [0.5, 0.6) is 0 Å². The molecule has 0 radical (unpaired) electrons. The van der Waals surface area contributed by atoms with Gasteiger partial charge >= 0.3 is 0 Å². The molecule has 0 aliphatic carbocycles. The van der Waals surface area contributed by atoms with E-state index in [4.69, 9.17) is 4.74 Å². The second kappa shape index (κ2) is 4.06. The van der Waals surface area contributed by atoms with Crippen molar-refractivity contribution in [2.45, 2.75) is 26.4 Å². The Hall–Kier alpha value is -0.940. The van der Waals surface area contributed by atoms with E-state index < -0.39 is 0 Å². The average molecular weight is 196 g/mol. The van der Waals surface area contributed by atoms with E-state index in [9.17, 15) is 0 Å². The molecule has 1 aromatic rings. The van der Waals surface area contributed by atoms with Crippen LogP contribution >= 0.6 is 0 Å². The summed E-state index contributed by atoms with van der Waals surface area (Å²) in [7, 11) is 0. The van der Waals surface area contributed by atoms with Crippen molar-refractivity contribution in [3.8, 4) is 0 Å². The maximum atomic E-state index is 5.40. The summed E-state index contributed by atoms with van der Waals surface area (Å²) in [5.74, 6) is 1.96. The van der Waals surface area contributed by atoms with Gasteiger partial charge in [0.2, 0.25) is 0 Å². The maximum absolute atomic E-state index is 5.40. The fourth-order valence-electron chi connectivity index (χ4n) is 1.78. The summed E-state index contributed by atoms with van der Waals surface area (Å²) in [5.41, 5.74) is 0. The van der Waals surface area contributed by atoms with Crippen LogP contribution in [0.25, 0.3) is 0 Å². The van der Waals surface area contributed by atoms with Gasteiger partial charge in [0.15, 0.2) is 5.82 Å². The Morgan fingerprint density at radius 2 is 2.43 bits per heavy atom. The Balaban J connectivity index is 2.21. The number of rotatable bonds is 2. The predicted octanol–water partition coefficient (Wildman–Crippen LogP) is 0.267. The smallest absolute Gasteiger partial charge is 0.152 e. The molecule has 0 amide bonds. The van der Waals surface area contributed by atoms with Crippen molar-refractivity contribution in [2.24, 2.45) is 0 Å². The lowest BCUT2D eigenvalue weighted by Gasteiger charge is -2.23. The topological polar surface area (TPSA) is 52.0 Å². The fourth-order valence-corrected chi connectivity index (χ4v) is 1.78. The summed E-state index contributed by atoms with van der Waals surface area (Å²) in [5, 5.41) is 11.6. The second-order valence-electron chi connectivity index (χ2n) is 3.43. The van der Waals surface area contributed by atoms with Gasteiger partial charge < -0.3 is 14.6 Å². The van der Waals surface area contributed by atoms with Crippen LogP contribution in [0.15, 0.2) is 0 Å². The number of morpholine rings is 1. The molecule has 0 bridgehead atoms. The molecule has 0 saturated carbocycles. The quantitative estimate of drug-likeness (QED) is 0.737. The molecular weight excluding hydrogens is 180 g/mol. The van der Waals surface area contributed by atoms with E-state index >= 15 is 0 Å². The van der Waals surface area contributed by atoms with E-state index in [0.29, 0.717) is 6.61 Å². The van der Waals surface area contributed by atoms with Crippen molar-refractivity contribution < 1.29 is 4.74 Å². The largest absolute Gasteiger partial charge is 0.378 e. The minimum absolute atomic E-state index is 0.199. The Kier molecular flexibility index (Phi) is 2.79.